The molecule has 0 saturated carbocycles. The lowest BCUT2D eigenvalue weighted by Gasteiger charge is -2.22. The minimum absolute atomic E-state index is 0.0409. The highest BCUT2D eigenvalue weighted by atomic mass is 19.1. The van der Waals surface area contributed by atoms with Crippen LogP contribution in [-0.2, 0) is 21.5 Å². The molecule has 5 nitrogen and oxygen atoms in total. The second kappa shape index (κ2) is 6.49. The first kappa shape index (κ1) is 18.0. The highest BCUT2D eigenvalue weighted by Gasteiger charge is 2.46. The minimum atomic E-state index is -0.976. The molecule has 7 heteroatoms. The summed E-state index contributed by atoms with van der Waals surface area (Å²) in [7, 11) is 1.26. The molecule has 0 bridgehead atoms. The van der Waals surface area contributed by atoms with Crippen LogP contribution in [0.15, 0.2) is 36.4 Å². The summed E-state index contributed by atoms with van der Waals surface area (Å²) in [6.45, 7) is 1.73. The third kappa shape index (κ3) is 2.84. The monoisotopic (exact) mass is 360 g/mol. The Morgan fingerprint density at radius 2 is 1.85 bits per heavy atom. The Morgan fingerprint density at radius 1 is 1.19 bits per heavy atom. The zero-order valence-electron chi connectivity index (χ0n) is 14.4. The molecule has 2 N–H and O–H groups in total. The Kier molecular flexibility index (Phi) is 4.50. The summed E-state index contributed by atoms with van der Waals surface area (Å²) in [5.41, 5.74) is 6.58. The van der Waals surface area contributed by atoms with E-state index in [4.69, 9.17) is 10.5 Å². The molecule has 2 aromatic rings. The van der Waals surface area contributed by atoms with Gasteiger partial charge in [0.05, 0.1) is 24.6 Å². The molecule has 1 atom stereocenters. The summed E-state index contributed by atoms with van der Waals surface area (Å²) in [4.78, 5) is 26.2. The third-order valence-electron chi connectivity index (χ3n) is 4.69. The SMILES string of the molecule is COC(=O)c1ccc2c(c1)N(Cc1cc(F)cc(F)c1)C(=O)C2(C)CN. The summed E-state index contributed by atoms with van der Waals surface area (Å²) in [6, 6.07) is 7.87. The number of benzene rings is 2. The second-order valence-corrected chi connectivity index (χ2v) is 6.43. The van der Waals surface area contributed by atoms with Gasteiger partial charge in [0, 0.05) is 18.3 Å². The normalized spacial score (nSPS) is 18.8. The number of carbonyl (C=O) groups is 2. The number of esters is 1. The Bertz CT molecular complexity index is 880. The smallest absolute Gasteiger partial charge is 0.337 e. The van der Waals surface area contributed by atoms with Crippen LogP contribution < -0.4 is 10.6 Å². The van der Waals surface area contributed by atoms with Crippen molar-refractivity contribution >= 4 is 17.6 Å². The zero-order chi connectivity index (χ0) is 19.1. The molecule has 0 aromatic heterocycles. The molecule has 0 radical (unpaired) electrons. The maximum absolute atomic E-state index is 13.5. The summed E-state index contributed by atoms with van der Waals surface area (Å²) < 4.78 is 31.7. The third-order valence-corrected chi connectivity index (χ3v) is 4.69. The van der Waals surface area contributed by atoms with Crippen molar-refractivity contribution in [3.05, 3.63) is 64.7 Å². The van der Waals surface area contributed by atoms with Crippen LogP contribution in [0.5, 0.6) is 0 Å². The maximum Gasteiger partial charge on any atom is 0.337 e. The number of anilines is 1. The molecule has 0 fully saturated rings. The fraction of sp³-hybridized carbons (Fsp3) is 0.263. The van der Waals surface area contributed by atoms with Crippen molar-refractivity contribution in [3.63, 3.8) is 0 Å². The van der Waals surface area contributed by atoms with E-state index in [0.29, 0.717) is 16.8 Å². The Labute approximate surface area is 149 Å². The van der Waals surface area contributed by atoms with Crippen LogP contribution in [0.1, 0.15) is 28.4 Å². The first-order valence-electron chi connectivity index (χ1n) is 8.00. The molecule has 3 rings (SSSR count). The van der Waals surface area contributed by atoms with Gasteiger partial charge >= 0.3 is 5.97 Å². The summed E-state index contributed by atoms with van der Waals surface area (Å²) >= 11 is 0. The number of carbonyl (C=O) groups excluding carboxylic acids is 2. The van der Waals surface area contributed by atoms with Crippen LogP contribution in [0.25, 0.3) is 0 Å². The molecular weight excluding hydrogens is 342 g/mol. The zero-order valence-corrected chi connectivity index (χ0v) is 14.4. The van der Waals surface area contributed by atoms with E-state index < -0.39 is 23.0 Å². The van der Waals surface area contributed by atoms with Crippen molar-refractivity contribution < 1.29 is 23.1 Å². The second-order valence-electron chi connectivity index (χ2n) is 6.43. The number of fused-ring (bicyclic) bond motifs is 1. The van der Waals surface area contributed by atoms with Crippen molar-refractivity contribution in [1.82, 2.24) is 0 Å². The van der Waals surface area contributed by atoms with Gasteiger partial charge in [-0.3, -0.25) is 4.79 Å². The predicted octanol–water partition coefficient (Wildman–Crippen LogP) is 2.51. The molecule has 26 heavy (non-hydrogen) atoms. The van der Waals surface area contributed by atoms with Crippen LogP contribution in [0.2, 0.25) is 0 Å². The van der Waals surface area contributed by atoms with Gasteiger partial charge in [-0.1, -0.05) is 6.07 Å². The molecule has 1 aliphatic heterocycles. The lowest BCUT2D eigenvalue weighted by atomic mass is 9.83. The standard InChI is InChI=1S/C19H18F2N2O3/c1-19(10-22)15-4-3-12(17(24)26-2)7-16(15)23(18(19)25)9-11-5-13(20)8-14(21)6-11/h3-8H,9-10,22H2,1-2H3. The number of methoxy groups -OCH3 is 1. The fourth-order valence-corrected chi connectivity index (χ4v) is 3.23. The topological polar surface area (TPSA) is 72.6 Å². The average Bonchev–Trinajstić information content (AvgIpc) is 2.82. The minimum Gasteiger partial charge on any atom is -0.465 e. The first-order chi connectivity index (χ1) is 12.3. The Hall–Kier alpha value is -2.80. The lowest BCUT2D eigenvalue weighted by molar-refractivity contribution is -0.122. The van der Waals surface area contributed by atoms with Gasteiger partial charge in [-0.2, -0.15) is 0 Å². The molecule has 1 unspecified atom stereocenters. The molecule has 0 spiro atoms. The summed E-state index contributed by atoms with van der Waals surface area (Å²) in [5, 5.41) is 0. The van der Waals surface area contributed by atoms with E-state index in [1.165, 1.54) is 18.1 Å². The molecule has 2 aromatic carbocycles. The van der Waals surface area contributed by atoms with Crippen molar-refractivity contribution in [1.29, 1.82) is 0 Å². The number of hydrogen-bond acceptors (Lipinski definition) is 4. The quantitative estimate of drug-likeness (QED) is 0.851. The largest absolute Gasteiger partial charge is 0.465 e. The number of amides is 1. The fourth-order valence-electron chi connectivity index (χ4n) is 3.23. The van der Waals surface area contributed by atoms with Crippen molar-refractivity contribution in [2.45, 2.75) is 18.9 Å². The van der Waals surface area contributed by atoms with Crippen LogP contribution in [0.4, 0.5) is 14.5 Å². The number of halogens is 2. The molecule has 0 saturated heterocycles. The summed E-state index contributed by atoms with van der Waals surface area (Å²) in [6.07, 6.45) is 0. The van der Waals surface area contributed by atoms with Crippen molar-refractivity contribution in [2.75, 3.05) is 18.6 Å². The predicted molar refractivity (Wildman–Crippen MR) is 91.7 cm³/mol. The van der Waals surface area contributed by atoms with E-state index in [0.717, 1.165) is 18.2 Å². The Balaban J connectivity index is 2.09. The molecule has 1 heterocycles. The highest BCUT2D eigenvalue weighted by molar-refractivity contribution is 6.09. The van der Waals surface area contributed by atoms with Crippen molar-refractivity contribution in [3.8, 4) is 0 Å². The van der Waals surface area contributed by atoms with Crippen LogP contribution in [0.3, 0.4) is 0 Å². The maximum atomic E-state index is 13.5. The average molecular weight is 360 g/mol. The molecular formula is C19H18F2N2O3. The van der Waals surface area contributed by atoms with Gasteiger partial charge < -0.3 is 15.4 Å². The number of nitrogens with two attached hydrogens (primary N) is 1. The summed E-state index contributed by atoms with van der Waals surface area (Å²) in [5.74, 6) is -2.28. The van der Waals surface area contributed by atoms with Gasteiger partial charge in [0.25, 0.3) is 0 Å². The van der Waals surface area contributed by atoms with Gasteiger partial charge in [-0.15, -0.1) is 0 Å². The van der Waals surface area contributed by atoms with Gasteiger partial charge in [-0.25, -0.2) is 13.6 Å². The number of nitrogens with zero attached hydrogens (tertiary/aromatic N) is 1. The Morgan fingerprint density at radius 3 is 2.42 bits per heavy atom. The van der Waals surface area contributed by atoms with Crippen LogP contribution in [-0.4, -0.2) is 25.5 Å². The van der Waals surface area contributed by atoms with E-state index >= 15 is 0 Å². The number of rotatable bonds is 4. The molecule has 1 amide bonds. The number of hydrogen-bond donors (Lipinski definition) is 1. The van der Waals surface area contributed by atoms with E-state index in [-0.39, 0.29) is 24.6 Å². The first-order valence-corrected chi connectivity index (χ1v) is 8.00. The van der Waals surface area contributed by atoms with Gasteiger partial charge in [-0.05, 0) is 42.3 Å². The van der Waals surface area contributed by atoms with E-state index in [9.17, 15) is 18.4 Å². The van der Waals surface area contributed by atoms with E-state index in [2.05, 4.69) is 0 Å². The van der Waals surface area contributed by atoms with E-state index in [1.54, 1.807) is 19.1 Å². The molecule has 1 aliphatic rings. The van der Waals surface area contributed by atoms with Crippen LogP contribution in [0, 0.1) is 11.6 Å². The van der Waals surface area contributed by atoms with Gasteiger partial charge in [0.2, 0.25) is 5.91 Å². The molecule has 0 aliphatic carbocycles. The molecule has 136 valence electrons. The van der Waals surface area contributed by atoms with E-state index in [1.807, 2.05) is 0 Å². The van der Waals surface area contributed by atoms with Crippen molar-refractivity contribution in [2.24, 2.45) is 5.73 Å². The highest BCUT2D eigenvalue weighted by Crippen LogP contribution is 2.42. The number of ether oxygens (including phenoxy) is 1. The van der Waals surface area contributed by atoms with Gasteiger partial charge in [0.1, 0.15) is 11.6 Å². The van der Waals surface area contributed by atoms with Crippen LogP contribution >= 0.6 is 0 Å². The lowest BCUT2D eigenvalue weighted by Crippen LogP contribution is -2.43. The van der Waals surface area contributed by atoms with Gasteiger partial charge in [0.15, 0.2) is 0 Å².